The predicted molar refractivity (Wildman–Crippen MR) is 71.5 cm³/mol. The van der Waals surface area contributed by atoms with Gasteiger partial charge in [0, 0.05) is 18.2 Å². The largest absolute Gasteiger partial charge is 0.493 e. The molecule has 5 nitrogen and oxygen atoms in total. The second-order valence-electron chi connectivity index (χ2n) is 4.21. The maximum atomic E-state index is 12.2. The number of rotatable bonds is 7. The van der Waals surface area contributed by atoms with Crippen molar-refractivity contribution in [3.63, 3.8) is 0 Å². The van der Waals surface area contributed by atoms with Gasteiger partial charge in [0.1, 0.15) is 0 Å². The summed E-state index contributed by atoms with van der Waals surface area (Å²) in [6.45, 7) is -1.05. The van der Waals surface area contributed by atoms with Crippen molar-refractivity contribution >= 4 is 11.6 Å². The molecule has 8 heteroatoms. The van der Waals surface area contributed by atoms with Crippen LogP contribution in [0.2, 0.25) is 0 Å². The zero-order valence-electron chi connectivity index (χ0n) is 11.5. The third-order valence-electron chi connectivity index (χ3n) is 2.45. The summed E-state index contributed by atoms with van der Waals surface area (Å²) in [5.74, 6) is -0.210. The number of ether oxygens (including phenoxy) is 2. The van der Waals surface area contributed by atoms with Crippen LogP contribution in [-0.4, -0.2) is 32.3 Å². The van der Waals surface area contributed by atoms with Gasteiger partial charge in [-0.05, 0) is 25.1 Å². The molecule has 0 heterocycles. The molecule has 0 saturated carbocycles. The Morgan fingerprint density at radius 2 is 2.05 bits per heavy atom. The molecule has 0 spiro atoms. The lowest BCUT2D eigenvalue weighted by Gasteiger charge is -2.14. The molecular formula is C13H17F3N2O3. The third kappa shape index (κ3) is 6.35. The standard InChI is InChI=1S/C13H17F3N2O3/c1-20-10-5-4-9(18-12(19)3-2-6-17)7-11(10)21-8-13(14,15)16/h4-5,7H,2-3,6,8,17H2,1H3,(H,18,19). The van der Waals surface area contributed by atoms with E-state index in [1.54, 1.807) is 0 Å². The van der Waals surface area contributed by atoms with Gasteiger partial charge in [-0.1, -0.05) is 0 Å². The van der Waals surface area contributed by atoms with Gasteiger partial charge in [0.15, 0.2) is 18.1 Å². The molecule has 0 fully saturated rings. The molecule has 0 bridgehead atoms. The number of anilines is 1. The van der Waals surface area contributed by atoms with Crippen LogP contribution in [0.4, 0.5) is 18.9 Å². The molecule has 0 aliphatic rings. The molecule has 1 rings (SSSR count). The van der Waals surface area contributed by atoms with Gasteiger partial charge >= 0.3 is 6.18 Å². The van der Waals surface area contributed by atoms with Crippen molar-refractivity contribution in [1.29, 1.82) is 0 Å². The lowest BCUT2D eigenvalue weighted by atomic mass is 10.2. The summed E-state index contributed by atoms with van der Waals surface area (Å²) in [5, 5.41) is 2.55. The number of halogens is 3. The minimum Gasteiger partial charge on any atom is -0.493 e. The van der Waals surface area contributed by atoms with Gasteiger partial charge < -0.3 is 20.5 Å². The fourth-order valence-electron chi connectivity index (χ4n) is 1.51. The number of methoxy groups -OCH3 is 1. The molecule has 1 aromatic rings. The number of amides is 1. The van der Waals surface area contributed by atoms with Crippen LogP contribution in [0.15, 0.2) is 18.2 Å². The van der Waals surface area contributed by atoms with Crippen molar-refractivity contribution in [3.05, 3.63) is 18.2 Å². The lowest BCUT2D eigenvalue weighted by molar-refractivity contribution is -0.153. The first-order valence-electron chi connectivity index (χ1n) is 6.23. The highest BCUT2D eigenvalue weighted by molar-refractivity contribution is 5.91. The predicted octanol–water partition coefficient (Wildman–Crippen LogP) is 2.31. The highest BCUT2D eigenvalue weighted by Crippen LogP contribution is 2.31. The van der Waals surface area contributed by atoms with E-state index < -0.39 is 12.8 Å². The fraction of sp³-hybridized carbons (Fsp3) is 0.462. The van der Waals surface area contributed by atoms with Gasteiger partial charge in [0.2, 0.25) is 5.91 Å². The third-order valence-corrected chi connectivity index (χ3v) is 2.45. The molecule has 0 unspecified atom stereocenters. The summed E-state index contributed by atoms with van der Waals surface area (Å²) in [6, 6.07) is 4.22. The smallest absolute Gasteiger partial charge is 0.422 e. The van der Waals surface area contributed by atoms with Crippen LogP contribution < -0.4 is 20.5 Å². The van der Waals surface area contributed by atoms with Crippen LogP contribution in [0.5, 0.6) is 11.5 Å². The quantitative estimate of drug-likeness (QED) is 0.811. The van der Waals surface area contributed by atoms with E-state index in [0.29, 0.717) is 18.7 Å². The molecule has 0 radical (unpaired) electrons. The van der Waals surface area contributed by atoms with Crippen molar-refractivity contribution < 1.29 is 27.4 Å². The normalized spacial score (nSPS) is 11.1. The van der Waals surface area contributed by atoms with Crippen LogP contribution in [-0.2, 0) is 4.79 Å². The number of carbonyl (C=O) groups excluding carboxylic acids is 1. The SMILES string of the molecule is COc1ccc(NC(=O)CCCN)cc1OCC(F)(F)F. The Hall–Kier alpha value is -1.96. The van der Waals surface area contributed by atoms with E-state index in [0.717, 1.165) is 0 Å². The zero-order valence-corrected chi connectivity index (χ0v) is 11.5. The number of hydrogen-bond donors (Lipinski definition) is 2. The van der Waals surface area contributed by atoms with E-state index in [4.69, 9.17) is 10.5 Å². The summed E-state index contributed by atoms with van der Waals surface area (Å²) < 4.78 is 46.1. The number of carbonyl (C=O) groups is 1. The van der Waals surface area contributed by atoms with Gasteiger partial charge in [0.05, 0.1) is 7.11 Å². The minimum absolute atomic E-state index is 0.0913. The Morgan fingerprint density at radius 1 is 1.33 bits per heavy atom. The number of alkyl halides is 3. The number of benzene rings is 1. The monoisotopic (exact) mass is 306 g/mol. The molecule has 0 aromatic heterocycles. The lowest BCUT2D eigenvalue weighted by Crippen LogP contribution is -2.19. The van der Waals surface area contributed by atoms with Crippen LogP contribution >= 0.6 is 0 Å². The van der Waals surface area contributed by atoms with Crippen LogP contribution in [0.25, 0.3) is 0 Å². The van der Waals surface area contributed by atoms with Gasteiger partial charge in [-0.15, -0.1) is 0 Å². The average molecular weight is 306 g/mol. The summed E-state index contributed by atoms with van der Waals surface area (Å²) in [6.07, 6.45) is -3.69. The van der Waals surface area contributed by atoms with Crippen LogP contribution in [0.1, 0.15) is 12.8 Å². The zero-order chi connectivity index (χ0) is 15.9. The molecule has 1 amide bonds. The maximum absolute atomic E-state index is 12.2. The Morgan fingerprint density at radius 3 is 2.62 bits per heavy atom. The Balaban J connectivity index is 2.77. The molecule has 3 N–H and O–H groups in total. The Kier molecular flexibility index (Phi) is 6.29. The second-order valence-corrected chi connectivity index (χ2v) is 4.21. The van der Waals surface area contributed by atoms with E-state index >= 15 is 0 Å². The van der Waals surface area contributed by atoms with E-state index in [9.17, 15) is 18.0 Å². The highest BCUT2D eigenvalue weighted by atomic mass is 19.4. The summed E-state index contributed by atoms with van der Waals surface area (Å²) in [5.41, 5.74) is 5.62. The second kappa shape index (κ2) is 7.72. The molecular weight excluding hydrogens is 289 g/mol. The van der Waals surface area contributed by atoms with Crippen molar-refractivity contribution in [1.82, 2.24) is 0 Å². The minimum atomic E-state index is -4.45. The van der Waals surface area contributed by atoms with Crippen molar-refractivity contribution in [2.45, 2.75) is 19.0 Å². The Bertz CT molecular complexity index is 478. The van der Waals surface area contributed by atoms with Crippen molar-refractivity contribution in [2.24, 2.45) is 5.73 Å². The highest BCUT2D eigenvalue weighted by Gasteiger charge is 2.29. The molecule has 118 valence electrons. The molecule has 21 heavy (non-hydrogen) atoms. The molecule has 0 saturated heterocycles. The maximum Gasteiger partial charge on any atom is 0.422 e. The van der Waals surface area contributed by atoms with Crippen molar-refractivity contribution in [3.8, 4) is 11.5 Å². The molecule has 1 aromatic carbocycles. The van der Waals surface area contributed by atoms with Gasteiger partial charge in [-0.2, -0.15) is 13.2 Å². The summed E-state index contributed by atoms with van der Waals surface area (Å²) in [7, 11) is 1.31. The van der Waals surface area contributed by atoms with Gasteiger partial charge in [-0.25, -0.2) is 0 Å². The first-order chi connectivity index (χ1) is 9.85. The fourth-order valence-corrected chi connectivity index (χ4v) is 1.51. The van der Waals surface area contributed by atoms with E-state index in [2.05, 4.69) is 10.1 Å². The number of nitrogens with two attached hydrogens (primary N) is 1. The summed E-state index contributed by atoms with van der Waals surface area (Å²) >= 11 is 0. The molecule has 0 aliphatic carbocycles. The first kappa shape index (κ1) is 17.1. The molecule has 0 atom stereocenters. The summed E-state index contributed by atoms with van der Waals surface area (Å²) in [4.78, 5) is 11.5. The number of hydrogen-bond acceptors (Lipinski definition) is 4. The van der Waals surface area contributed by atoms with E-state index in [-0.39, 0.29) is 23.8 Å². The van der Waals surface area contributed by atoms with Gasteiger partial charge in [-0.3, -0.25) is 4.79 Å². The van der Waals surface area contributed by atoms with E-state index in [1.165, 1.54) is 25.3 Å². The molecule has 0 aliphatic heterocycles. The van der Waals surface area contributed by atoms with Crippen LogP contribution in [0.3, 0.4) is 0 Å². The average Bonchev–Trinajstić information content (AvgIpc) is 2.42. The van der Waals surface area contributed by atoms with Crippen molar-refractivity contribution in [2.75, 3.05) is 25.6 Å². The Labute approximate surface area is 120 Å². The first-order valence-corrected chi connectivity index (χ1v) is 6.23. The topological polar surface area (TPSA) is 73.6 Å². The number of nitrogens with one attached hydrogen (secondary N) is 1. The van der Waals surface area contributed by atoms with Gasteiger partial charge in [0.25, 0.3) is 0 Å². The van der Waals surface area contributed by atoms with Crippen LogP contribution in [0, 0.1) is 0 Å². The van der Waals surface area contributed by atoms with E-state index in [1.807, 2.05) is 0 Å².